The minimum Gasteiger partial charge on any atom is -0.449 e. The van der Waals surface area contributed by atoms with E-state index in [1.807, 2.05) is 66.7 Å². The fourth-order valence-corrected chi connectivity index (χ4v) is 6.71. The highest BCUT2D eigenvalue weighted by molar-refractivity contribution is 7.89. The molecule has 1 fully saturated rings. The van der Waals surface area contributed by atoms with Crippen molar-refractivity contribution >= 4 is 22.6 Å². The van der Waals surface area contributed by atoms with Gasteiger partial charge in [-0.2, -0.15) is 0 Å². The third-order valence-corrected chi connectivity index (χ3v) is 8.44. The van der Waals surface area contributed by atoms with Gasteiger partial charge >= 0.3 is 5.97 Å². The lowest BCUT2D eigenvalue weighted by atomic mass is 9.61. The van der Waals surface area contributed by atoms with Gasteiger partial charge < -0.3 is 9.84 Å². The number of allylic oxidation sites excluding steroid dienone is 1. The molecule has 0 heterocycles. The number of rotatable bonds is 7. The summed E-state index contributed by atoms with van der Waals surface area (Å²) < 4.78 is 19.6. The summed E-state index contributed by atoms with van der Waals surface area (Å²) in [5.41, 5.74) is 1.79. The smallest absolute Gasteiger partial charge is 0.336 e. The van der Waals surface area contributed by atoms with Crippen molar-refractivity contribution in [2.75, 3.05) is 0 Å². The molecular formula is C29H26O5S. The van der Waals surface area contributed by atoms with Crippen molar-refractivity contribution in [3.8, 4) is 0 Å². The molecule has 0 spiro atoms. The van der Waals surface area contributed by atoms with E-state index in [0.717, 1.165) is 11.1 Å². The minimum atomic E-state index is -1.61. The number of aliphatic hydroxyl groups excluding tert-OH is 1. The number of hydrogen-bond donors (Lipinski definition) is 1. The maximum atomic E-state index is 13.7. The summed E-state index contributed by atoms with van der Waals surface area (Å²) in [5.74, 6) is -2.33. The molecule has 0 saturated heterocycles. The first-order chi connectivity index (χ1) is 17.0. The second kappa shape index (κ2) is 9.72. The van der Waals surface area contributed by atoms with Crippen LogP contribution >= 0.6 is 0 Å². The van der Waals surface area contributed by atoms with Crippen molar-refractivity contribution in [1.29, 1.82) is 0 Å². The zero-order valence-corrected chi connectivity index (χ0v) is 20.1. The summed E-state index contributed by atoms with van der Waals surface area (Å²) in [6, 6.07) is 27.7. The fourth-order valence-electron chi connectivity index (χ4n) is 5.27. The van der Waals surface area contributed by atoms with E-state index in [1.165, 1.54) is 0 Å². The predicted octanol–water partition coefficient (Wildman–Crippen LogP) is 4.60. The molecule has 0 bridgehead atoms. The highest BCUT2D eigenvalue weighted by Gasteiger charge is 2.59. The zero-order valence-electron chi connectivity index (χ0n) is 19.2. The zero-order chi connectivity index (χ0) is 24.5. The van der Waals surface area contributed by atoms with Crippen molar-refractivity contribution < 1.29 is 23.6 Å². The SMILES string of the molecule is CC(O)C1C(=O)C2C(C(=O)OC(c3ccccc3)c3ccccc3)=C(S(=O)c3ccccc3)CC21. The van der Waals surface area contributed by atoms with Crippen LogP contribution in [0.1, 0.15) is 30.6 Å². The summed E-state index contributed by atoms with van der Waals surface area (Å²) in [4.78, 5) is 27.8. The monoisotopic (exact) mass is 486 g/mol. The van der Waals surface area contributed by atoms with Gasteiger partial charge in [0.1, 0.15) is 5.78 Å². The lowest BCUT2D eigenvalue weighted by Gasteiger charge is -2.41. The molecule has 0 amide bonds. The molecule has 178 valence electrons. The topological polar surface area (TPSA) is 80.7 Å². The number of esters is 1. The van der Waals surface area contributed by atoms with Gasteiger partial charge in [-0.15, -0.1) is 0 Å². The number of ketones is 1. The number of fused-ring (bicyclic) bond motifs is 1. The third-order valence-electron chi connectivity index (χ3n) is 6.91. The highest BCUT2D eigenvalue weighted by atomic mass is 32.2. The van der Waals surface area contributed by atoms with Crippen molar-refractivity contribution in [1.82, 2.24) is 0 Å². The van der Waals surface area contributed by atoms with Crippen molar-refractivity contribution in [2.24, 2.45) is 17.8 Å². The number of Topliss-reactive ketones (excluding diaryl/α,β-unsaturated/α-hetero) is 1. The van der Waals surface area contributed by atoms with Crippen molar-refractivity contribution in [3.63, 3.8) is 0 Å². The molecule has 0 radical (unpaired) electrons. The Morgan fingerprint density at radius 1 is 0.914 bits per heavy atom. The summed E-state index contributed by atoms with van der Waals surface area (Å²) in [5, 5.41) is 10.2. The Bertz CT molecular complexity index is 1240. The van der Waals surface area contributed by atoms with Gasteiger partial charge in [-0.05, 0) is 42.5 Å². The summed E-state index contributed by atoms with van der Waals surface area (Å²) in [6.07, 6.45) is -1.18. The van der Waals surface area contributed by atoms with E-state index in [-0.39, 0.29) is 17.3 Å². The second-order valence-corrected chi connectivity index (χ2v) is 10.5. The standard InChI is InChI=1S/C29H26O5S/c1-18(30)24-22-17-23(35(33)21-15-9-4-10-16-21)26(25(22)27(24)31)29(32)34-28(19-11-5-2-6-12-19)20-13-7-3-8-14-20/h2-16,18,22,24-25,28,30H,17H2,1H3. The quantitative estimate of drug-likeness (QED) is 0.494. The maximum absolute atomic E-state index is 13.7. The summed E-state index contributed by atoms with van der Waals surface area (Å²) in [7, 11) is -1.61. The van der Waals surface area contributed by atoms with Crippen LogP contribution in [0.5, 0.6) is 0 Å². The number of benzene rings is 3. The average molecular weight is 487 g/mol. The molecule has 2 aliphatic carbocycles. The molecule has 3 aromatic carbocycles. The van der Waals surface area contributed by atoms with Gasteiger partial charge in [0.2, 0.25) is 0 Å². The predicted molar refractivity (Wildman–Crippen MR) is 132 cm³/mol. The Morgan fingerprint density at radius 3 is 1.94 bits per heavy atom. The van der Waals surface area contributed by atoms with Gasteiger partial charge in [-0.25, -0.2) is 9.00 Å². The highest BCUT2D eigenvalue weighted by Crippen LogP contribution is 2.54. The van der Waals surface area contributed by atoms with Crippen LogP contribution in [0.25, 0.3) is 0 Å². The molecule has 5 nitrogen and oxygen atoms in total. The lowest BCUT2D eigenvalue weighted by molar-refractivity contribution is -0.152. The number of ether oxygens (including phenoxy) is 1. The van der Waals surface area contributed by atoms with Gasteiger partial charge in [0.25, 0.3) is 0 Å². The first kappa shape index (κ1) is 23.4. The van der Waals surface area contributed by atoms with Crippen LogP contribution in [0.15, 0.2) is 106 Å². The minimum absolute atomic E-state index is 0.187. The molecule has 5 atom stereocenters. The van der Waals surface area contributed by atoms with E-state index in [2.05, 4.69) is 0 Å². The van der Waals surface area contributed by atoms with Crippen LogP contribution in [-0.4, -0.2) is 27.2 Å². The van der Waals surface area contributed by atoms with E-state index < -0.39 is 40.8 Å². The van der Waals surface area contributed by atoms with Crippen LogP contribution in [0, 0.1) is 17.8 Å². The molecule has 2 aliphatic rings. The first-order valence-corrected chi connectivity index (χ1v) is 12.8. The summed E-state index contributed by atoms with van der Waals surface area (Å²) >= 11 is 0. The molecular weight excluding hydrogens is 460 g/mol. The van der Waals surface area contributed by atoms with Gasteiger partial charge in [0, 0.05) is 15.7 Å². The number of carbonyl (C=O) groups excluding carboxylic acids is 2. The molecule has 5 unspecified atom stereocenters. The van der Waals surface area contributed by atoms with Gasteiger partial charge in [-0.1, -0.05) is 78.9 Å². The largest absolute Gasteiger partial charge is 0.449 e. The van der Waals surface area contributed by atoms with E-state index in [9.17, 15) is 18.9 Å². The maximum Gasteiger partial charge on any atom is 0.336 e. The third kappa shape index (κ3) is 4.28. The van der Waals surface area contributed by atoms with Crippen LogP contribution in [0.2, 0.25) is 0 Å². The van der Waals surface area contributed by atoms with Gasteiger partial charge in [0.05, 0.1) is 28.4 Å². The normalized spacial score (nSPS) is 22.9. The number of hydrogen-bond acceptors (Lipinski definition) is 5. The molecule has 1 saturated carbocycles. The van der Waals surface area contributed by atoms with Gasteiger partial charge in [-0.3, -0.25) is 4.79 Å². The first-order valence-electron chi connectivity index (χ1n) is 11.7. The van der Waals surface area contributed by atoms with E-state index in [4.69, 9.17) is 4.74 Å². The molecule has 5 rings (SSSR count). The van der Waals surface area contributed by atoms with Crippen LogP contribution in [-0.2, 0) is 25.1 Å². The molecule has 35 heavy (non-hydrogen) atoms. The number of aliphatic hydroxyl groups is 1. The summed E-state index contributed by atoms with van der Waals surface area (Å²) in [6.45, 7) is 1.59. The fraction of sp³-hybridized carbons (Fsp3) is 0.241. The average Bonchev–Trinajstić information content (AvgIpc) is 3.23. The van der Waals surface area contributed by atoms with Crippen molar-refractivity contribution in [2.45, 2.75) is 30.4 Å². The van der Waals surface area contributed by atoms with Crippen LogP contribution in [0.3, 0.4) is 0 Å². The molecule has 3 aromatic rings. The lowest BCUT2D eigenvalue weighted by Crippen LogP contribution is -2.51. The van der Waals surface area contributed by atoms with Crippen molar-refractivity contribution in [3.05, 3.63) is 113 Å². The number of carbonyl (C=O) groups is 2. The van der Waals surface area contributed by atoms with Crippen LogP contribution in [0.4, 0.5) is 0 Å². The Labute approximate surface area is 206 Å². The Hall–Kier alpha value is -3.35. The molecule has 0 aliphatic heterocycles. The Balaban J connectivity index is 1.54. The molecule has 6 heteroatoms. The van der Waals surface area contributed by atoms with E-state index in [1.54, 1.807) is 31.2 Å². The molecule has 0 aromatic heterocycles. The van der Waals surface area contributed by atoms with E-state index >= 15 is 0 Å². The Morgan fingerprint density at radius 2 is 1.43 bits per heavy atom. The van der Waals surface area contributed by atoms with Gasteiger partial charge in [0.15, 0.2) is 6.10 Å². The van der Waals surface area contributed by atoms with E-state index in [0.29, 0.717) is 16.2 Å². The van der Waals surface area contributed by atoms with Crippen LogP contribution < -0.4 is 0 Å². The Kier molecular flexibility index (Phi) is 6.50. The second-order valence-electron chi connectivity index (χ2n) is 9.04. The molecule has 1 N–H and O–H groups in total.